The van der Waals surface area contributed by atoms with E-state index in [0.717, 1.165) is 18.7 Å². The van der Waals surface area contributed by atoms with Crippen molar-refractivity contribution in [3.05, 3.63) is 11.1 Å². The van der Waals surface area contributed by atoms with E-state index in [1.807, 2.05) is 0 Å². The Bertz CT molecular complexity index is 376. The molecule has 2 rings (SSSR count). The van der Waals surface area contributed by atoms with Crippen LogP contribution in [0.5, 0.6) is 0 Å². The van der Waals surface area contributed by atoms with Gasteiger partial charge in [0, 0.05) is 24.7 Å². The number of rotatable bonds is 2. The summed E-state index contributed by atoms with van der Waals surface area (Å²) in [6.45, 7) is 3.24. The molecule has 1 heterocycles. The molecule has 3 nitrogen and oxygen atoms in total. The van der Waals surface area contributed by atoms with Gasteiger partial charge >= 0.3 is 6.18 Å². The lowest BCUT2D eigenvalue weighted by atomic mass is 9.85. The molecule has 1 saturated carbocycles. The van der Waals surface area contributed by atoms with Crippen LogP contribution in [-0.4, -0.2) is 31.2 Å². The van der Waals surface area contributed by atoms with Gasteiger partial charge in [-0.25, -0.2) is 0 Å². The Hall–Kier alpha value is -1.04. The lowest BCUT2D eigenvalue weighted by Crippen LogP contribution is -2.42. The molecule has 108 valence electrons. The molecule has 0 aromatic rings. The molecule has 0 unspecified atom stereocenters. The summed E-state index contributed by atoms with van der Waals surface area (Å²) in [6.07, 6.45) is -3.03. The van der Waals surface area contributed by atoms with Crippen LogP contribution < -0.4 is 10.6 Å². The van der Waals surface area contributed by atoms with Gasteiger partial charge in [-0.15, -0.1) is 0 Å². The van der Waals surface area contributed by atoms with E-state index in [0.29, 0.717) is 18.4 Å². The lowest BCUT2D eigenvalue weighted by Gasteiger charge is -2.31. The maximum absolute atomic E-state index is 12.5. The maximum Gasteiger partial charge on any atom is 0.391 e. The van der Waals surface area contributed by atoms with Crippen LogP contribution in [0.3, 0.4) is 0 Å². The Kier molecular flexibility index (Phi) is 4.18. The Morgan fingerprint density at radius 1 is 1.21 bits per heavy atom. The van der Waals surface area contributed by atoms with Gasteiger partial charge in [-0.3, -0.25) is 4.79 Å². The molecule has 6 heteroatoms. The van der Waals surface area contributed by atoms with E-state index in [1.54, 1.807) is 6.92 Å². The van der Waals surface area contributed by atoms with Gasteiger partial charge < -0.3 is 10.6 Å². The summed E-state index contributed by atoms with van der Waals surface area (Å²) in [5.41, 5.74) is 1.79. The molecule has 1 aliphatic heterocycles. The van der Waals surface area contributed by atoms with Crippen LogP contribution in [0.25, 0.3) is 0 Å². The fourth-order valence-electron chi connectivity index (χ4n) is 2.53. The predicted molar refractivity (Wildman–Crippen MR) is 65.5 cm³/mol. The number of nitrogens with one attached hydrogen (secondary N) is 2. The molecule has 0 radical (unpaired) electrons. The first-order chi connectivity index (χ1) is 8.88. The summed E-state index contributed by atoms with van der Waals surface area (Å²) >= 11 is 0. The molecule has 0 bridgehead atoms. The molecule has 19 heavy (non-hydrogen) atoms. The quantitative estimate of drug-likeness (QED) is 0.759. The van der Waals surface area contributed by atoms with Crippen LogP contribution in [-0.2, 0) is 4.79 Å². The second-order valence-electron chi connectivity index (χ2n) is 5.40. The minimum Gasteiger partial charge on any atom is -0.350 e. The highest BCUT2D eigenvalue weighted by Crippen LogP contribution is 2.37. The highest BCUT2D eigenvalue weighted by molar-refractivity contribution is 5.94. The minimum atomic E-state index is -4.09. The molecular formula is C13H19F3N2O. The molecule has 2 aliphatic rings. The first-order valence-electron chi connectivity index (χ1n) is 6.65. The topological polar surface area (TPSA) is 41.1 Å². The van der Waals surface area contributed by atoms with Crippen molar-refractivity contribution in [2.45, 2.75) is 44.8 Å². The number of amides is 1. The predicted octanol–water partition coefficient (Wildman–Crippen LogP) is 2.14. The van der Waals surface area contributed by atoms with Crippen molar-refractivity contribution < 1.29 is 18.0 Å². The van der Waals surface area contributed by atoms with E-state index in [1.165, 1.54) is 0 Å². The molecule has 1 amide bonds. The summed E-state index contributed by atoms with van der Waals surface area (Å²) in [5, 5.41) is 5.91. The molecule has 2 fully saturated rings. The van der Waals surface area contributed by atoms with Gasteiger partial charge in [-0.2, -0.15) is 13.2 Å². The summed E-state index contributed by atoms with van der Waals surface area (Å²) in [7, 11) is 0. The zero-order chi connectivity index (χ0) is 14.0. The molecule has 1 aliphatic carbocycles. The fourth-order valence-corrected chi connectivity index (χ4v) is 2.53. The number of hydrogen-bond donors (Lipinski definition) is 2. The third-order valence-electron chi connectivity index (χ3n) is 4.07. The highest BCUT2D eigenvalue weighted by Gasteiger charge is 2.41. The van der Waals surface area contributed by atoms with E-state index in [4.69, 9.17) is 0 Å². The van der Waals surface area contributed by atoms with E-state index in [2.05, 4.69) is 10.6 Å². The molecule has 0 spiro atoms. The SMILES string of the molecule is CC(C(=O)NC1CCC(C(F)(F)F)CC1)=C1CNC1. The van der Waals surface area contributed by atoms with Gasteiger partial charge in [0.15, 0.2) is 0 Å². The Balaban J connectivity index is 1.81. The monoisotopic (exact) mass is 276 g/mol. The van der Waals surface area contributed by atoms with Crippen LogP contribution in [0.15, 0.2) is 11.1 Å². The van der Waals surface area contributed by atoms with Crippen molar-refractivity contribution in [1.82, 2.24) is 10.6 Å². The van der Waals surface area contributed by atoms with Crippen LogP contribution in [0.4, 0.5) is 13.2 Å². The normalized spacial score (nSPS) is 27.7. The number of hydrogen-bond acceptors (Lipinski definition) is 2. The van der Waals surface area contributed by atoms with Gasteiger partial charge in [0.05, 0.1) is 5.92 Å². The van der Waals surface area contributed by atoms with E-state index >= 15 is 0 Å². The summed E-state index contributed by atoms with van der Waals surface area (Å²) in [4.78, 5) is 11.9. The summed E-state index contributed by atoms with van der Waals surface area (Å²) in [5.74, 6) is -1.33. The molecular weight excluding hydrogens is 257 g/mol. The second-order valence-corrected chi connectivity index (χ2v) is 5.40. The van der Waals surface area contributed by atoms with Crippen molar-refractivity contribution in [2.24, 2.45) is 5.92 Å². The van der Waals surface area contributed by atoms with Crippen LogP contribution >= 0.6 is 0 Å². The van der Waals surface area contributed by atoms with Crippen molar-refractivity contribution in [3.63, 3.8) is 0 Å². The average molecular weight is 276 g/mol. The van der Waals surface area contributed by atoms with Gasteiger partial charge in [-0.05, 0) is 38.2 Å². The van der Waals surface area contributed by atoms with E-state index in [-0.39, 0.29) is 24.8 Å². The van der Waals surface area contributed by atoms with E-state index < -0.39 is 12.1 Å². The van der Waals surface area contributed by atoms with Crippen molar-refractivity contribution in [3.8, 4) is 0 Å². The van der Waals surface area contributed by atoms with Crippen molar-refractivity contribution in [1.29, 1.82) is 0 Å². The minimum absolute atomic E-state index is 0.116. The third-order valence-corrected chi connectivity index (χ3v) is 4.07. The van der Waals surface area contributed by atoms with Crippen LogP contribution in [0.2, 0.25) is 0 Å². The standard InChI is InChI=1S/C13H19F3N2O/c1-8(9-6-17-7-9)12(19)18-11-4-2-10(3-5-11)13(14,15)16/h10-11,17H,2-7H2,1H3,(H,18,19). The van der Waals surface area contributed by atoms with E-state index in [9.17, 15) is 18.0 Å². The van der Waals surface area contributed by atoms with Gasteiger partial charge in [0.2, 0.25) is 5.91 Å². The smallest absolute Gasteiger partial charge is 0.350 e. The van der Waals surface area contributed by atoms with Gasteiger partial charge in [0.1, 0.15) is 0 Å². The lowest BCUT2D eigenvalue weighted by molar-refractivity contribution is -0.182. The van der Waals surface area contributed by atoms with Crippen molar-refractivity contribution in [2.75, 3.05) is 13.1 Å². The second kappa shape index (κ2) is 5.53. The fraction of sp³-hybridized carbons (Fsp3) is 0.769. The number of halogens is 3. The van der Waals surface area contributed by atoms with Crippen LogP contribution in [0.1, 0.15) is 32.6 Å². The number of carbonyl (C=O) groups is 1. The summed E-state index contributed by atoms with van der Waals surface area (Å²) < 4.78 is 37.5. The molecule has 0 aromatic heterocycles. The first kappa shape index (κ1) is 14.4. The average Bonchev–Trinajstić information content (AvgIpc) is 2.26. The zero-order valence-corrected chi connectivity index (χ0v) is 10.9. The molecule has 1 saturated heterocycles. The third kappa shape index (κ3) is 3.49. The van der Waals surface area contributed by atoms with Gasteiger partial charge in [-0.1, -0.05) is 0 Å². The van der Waals surface area contributed by atoms with Crippen molar-refractivity contribution >= 4 is 5.91 Å². The molecule has 0 aromatic carbocycles. The molecule has 0 atom stereocenters. The Labute approximate surface area is 110 Å². The van der Waals surface area contributed by atoms with Crippen LogP contribution in [0, 0.1) is 5.92 Å². The van der Waals surface area contributed by atoms with Gasteiger partial charge in [0.25, 0.3) is 0 Å². The summed E-state index contributed by atoms with van der Waals surface area (Å²) in [6, 6.07) is -0.116. The first-order valence-corrected chi connectivity index (χ1v) is 6.65. The Morgan fingerprint density at radius 2 is 1.79 bits per heavy atom. The number of carbonyl (C=O) groups excluding carboxylic acids is 1. The maximum atomic E-state index is 12.5. The number of alkyl halides is 3. The largest absolute Gasteiger partial charge is 0.391 e. The zero-order valence-electron chi connectivity index (χ0n) is 10.9. The Morgan fingerprint density at radius 3 is 2.21 bits per heavy atom. The molecule has 2 N–H and O–H groups in total. The highest BCUT2D eigenvalue weighted by atomic mass is 19.4.